The maximum atomic E-state index is 12.0. The number of fused-ring (bicyclic) bond motifs is 1. The van der Waals surface area contributed by atoms with Crippen LogP contribution >= 0.6 is 11.6 Å². The van der Waals surface area contributed by atoms with Crippen molar-refractivity contribution in [2.75, 3.05) is 20.3 Å². The number of imidazole rings is 1. The third-order valence-corrected chi connectivity index (χ3v) is 3.09. The molecule has 0 unspecified atom stereocenters. The Labute approximate surface area is 116 Å². The van der Waals surface area contributed by atoms with Crippen LogP contribution in [-0.2, 0) is 11.8 Å². The fraction of sp³-hybridized carbons (Fsp3) is 0.385. The van der Waals surface area contributed by atoms with E-state index in [2.05, 4.69) is 10.3 Å². The van der Waals surface area contributed by atoms with Gasteiger partial charge < -0.3 is 14.6 Å². The molecule has 0 radical (unpaired) electrons. The zero-order chi connectivity index (χ0) is 13.8. The smallest absolute Gasteiger partial charge is 0.287 e. The molecule has 19 heavy (non-hydrogen) atoms. The number of carbonyl (C=O) groups excluding carboxylic acids is 1. The van der Waals surface area contributed by atoms with Crippen LogP contribution in [0.4, 0.5) is 0 Å². The van der Waals surface area contributed by atoms with E-state index in [1.54, 1.807) is 36.9 Å². The summed E-state index contributed by atoms with van der Waals surface area (Å²) in [7, 11) is 3.44. The summed E-state index contributed by atoms with van der Waals surface area (Å²) in [4.78, 5) is 16.3. The number of nitrogens with one attached hydrogen (secondary N) is 1. The van der Waals surface area contributed by atoms with Gasteiger partial charge in [-0.15, -0.1) is 0 Å². The number of nitrogens with zero attached hydrogens (tertiary/aromatic N) is 2. The highest BCUT2D eigenvalue weighted by Crippen LogP contribution is 2.19. The summed E-state index contributed by atoms with van der Waals surface area (Å²) in [5.74, 6) is 0.195. The number of halogens is 1. The van der Waals surface area contributed by atoms with E-state index >= 15 is 0 Å². The molecule has 5 nitrogen and oxygen atoms in total. The highest BCUT2D eigenvalue weighted by molar-refractivity contribution is 6.31. The Morgan fingerprint density at radius 1 is 1.53 bits per heavy atom. The predicted molar refractivity (Wildman–Crippen MR) is 74.6 cm³/mol. The van der Waals surface area contributed by atoms with Crippen LogP contribution in [0.3, 0.4) is 0 Å². The number of rotatable bonds is 5. The third kappa shape index (κ3) is 3.05. The van der Waals surface area contributed by atoms with Crippen molar-refractivity contribution in [2.24, 2.45) is 7.05 Å². The van der Waals surface area contributed by atoms with Crippen LogP contribution in [-0.4, -0.2) is 35.7 Å². The van der Waals surface area contributed by atoms with Gasteiger partial charge in [0, 0.05) is 32.3 Å². The van der Waals surface area contributed by atoms with Crippen molar-refractivity contribution in [3.05, 3.63) is 29.0 Å². The van der Waals surface area contributed by atoms with Crippen LogP contribution in [0.1, 0.15) is 17.0 Å². The average molecular weight is 282 g/mol. The first kappa shape index (κ1) is 13.8. The number of carbonyl (C=O) groups is 1. The number of benzene rings is 1. The van der Waals surface area contributed by atoms with Crippen molar-refractivity contribution in [3.8, 4) is 0 Å². The molecule has 0 bridgehead atoms. The molecule has 0 spiro atoms. The second kappa shape index (κ2) is 6.04. The van der Waals surface area contributed by atoms with Gasteiger partial charge in [-0.25, -0.2) is 4.98 Å². The van der Waals surface area contributed by atoms with E-state index in [0.29, 0.717) is 24.0 Å². The zero-order valence-electron chi connectivity index (χ0n) is 10.9. The number of amides is 1. The molecule has 2 rings (SSSR count). The van der Waals surface area contributed by atoms with Crippen molar-refractivity contribution in [1.82, 2.24) is 14.9 Å². The van der Waals surface area contributed by atoms with Crippen molar-refractivity contribution >= 4 is 28.5 Å². The van der Waals surface area contributed by atoms with Gasteiger partial charge in [-0.2, -0.15) is 0 Å². The van der Waals surface area contributed by atoms with Crippen LogP contribution in [0.2, 0.25) is 5.02 Å². The van der Waals surface area contributed by atoms with Crippen LogP contribution in [0.5, 0.6) is 0 Å². The molecular weight excluding hydrogens is 266 g/mol. The largest absolute Gasteiger partial charge is 0.385 e. The summed E-state index contributed by atoms with van der Waals surface area (Å²) in [5.41, 5.74) is 1.60. The molecule has 102 valence electrons. The minimum atomic E-state index is -0.189. The SMILES string of the molecule is COCCCNC(=O)c1nc2ccc(Cl)cc2n1C. The minimum Gasteiger partial charge on any atom is -0.385 e. The molecule has 1 N–H and O–H groups in total. The molecule has 0 aliphatic rings. The molecule has 2 aromatic rings. The fourth-order valence-electron chi connectivity index (χ4n) is 1.86. The molecule has 0 aliphatic heterocycles. The maximum absolute atomic E-state index is 12.0. The monoisotopic (exact) mass is 281 g/mol. The second-order valence-corrected chi connectivity index (χ2v) is 4.67. The predicted octanol–water partition coefficient (Wildman–Crippen LogP) is 1.99. The van der Waals surface area contributed by atoms with E-state index in [4.69, 9.17) is 16.3 Å². The highest BCUT2D eigenvalue weighted by atomic mass is 35.5. The first-order valence-corrected chi connectivity index (χ1v) is 6.40. The van der Waals surface area contributed by atoms with Crippen LogP contribution < -0.4 is 5.32 Å². The van der Waals surface area contributed by atoms with E-state index in [0.717, 1.165) is 17.5 Å². The van der Waals surface area contributed by atoms with Crippen LogP contribution in [0.15, 0.2) is 18.2 Å². The van der Waals surface area contributed by atoms with Gasteiger partial charge in [-0.1, -0.05) is 11.6 Å². The molecule has 0 saturated carbocycles. The van der Waals surface area contributed by atoms with Gasteiger partial charge in [0.15, 0.2) is 5.82 Å². The van der Waals surface area contributed by atoms with Gasteiger partial charge in [-0.3, -0.25) is 4.79 Å². The molecule has 1 aromatic carbocycles. The zero-order valence-corrected chi connectivity index (χ0v) is 11.7. The topological polar surface area (TPSA) is 56.1 Å². The van der Waals surface area contributed by atoms with E-state index in [1.807, 2.05) is 0 Å². The summed E-state index contributed by atoms with van der Waals surface area (Å²) in [6.07, 6.45) is 0.776. The Morgan fingerprint density at radius 3 is 3.05 bits per heavy atom. The fourth-order valence-corrected chi connectivity index (χ4v) is 2.03. The van der Waals surface area contributed by atoms with Gasteiger partial charge >= 0.3 is 0 Å². The summed E-state index contributed by atoms with van der Waals surface area (Å²) in [5, 5.41) is 3.44. The van der Waals surface area contributed by atoms with Gasteiger partial charge in [0.1, 0.15) is 0 Å². The Balaban J connectivity index is 2.16. The number of aromatic nitrogens is 2. The van der Waals surface area contributed by atoms with Crippen molar-refractivity contribution in [3.63, 3.8) is 0 Å². The molecule has 1 amide bonds. The standard InChI is InChI=1S/C13H16ClN3O2/c1-17-11-8-9(14)4-5-10(11)16-12(17)13(18)15-6-3-7-19-2/h4-5,8H,3,6-7H2,1-2H3,(H,15,18). The maximum Gasteiger partial charge on any atom is 0.287 e. The molecule has 6 heteroatoms. The first-order chi connectivity index (χ1) is 9.13. The van der Waals surface area contributed by atoms with E-state index in [-0.39, 0.29) is 5.91 Å². The molecule has 0 fully saturated rings. The Morgan fingerprint density at radius 2 is 2.32 bits per heavy atom. The second-order valence-electron chi connectivity index (χ2n) is 4.23. The van der Waals surface area contributed by atoms with Crippen molar-refractivity contribution < 1.29 is 9.53 Å². The minimum absolute atomic E-state index is 0.189. The third-order valence-electron chi connectivity index (χ3n) is 2.86. The molecule has 1 aromatic heterocycles. The van der Waals surface area contributed by atoms with Gasteiger partial charge in [0.25, 0.3) is 5.91 Å². The Bertz CT molecular complexity index is 595. The molecule has 0 saturated heterocycles. The Kier molecular flexibility index (Phi) is 4.39. The lowest BCUT2D eigenvalue weighted by Gasteiger charge is -2.04. The number of hydrogen-bond donors (Lipinski definition) is 1. The highest BCUT2D eigenvalue weighted by Gasteiger charge is 2.14. The van der Waals surface area contributed by atoms with Crippen molar-refractivity contribution in [1.29, 1.82) is 0 Å². The summed E-state index contributed by atoms with van der Waals surface area (Å²) in [6, 6.07) is 5.36. The number of methoxy groups -OCH3 is 1. The molecule has 0 aliphatic carbocycles. The first-order valence-electron chi connectivity index (χ1n) is 6.02. The summed E-state index contributed by atoms with van der Waals surface area (Å²) >= 11 is 5.94. The molecular formula is C13H16ClN3O2. The molecule has 1 heterocycles. The summed E-state index contributed by atoms with van der Waals surface area (Å²) in [6.45, 7) is 1.19. The lowest BCUT2D eigenvalue weighted by molar-refractivity contribution is 0.0935. The average Bonchev–Trinajstić information content (AvgIpc) is 2.72. The number of ether oxygens (including phenoxy) is 1. The van der Waals surface area contributed by atoms with Gasteiger partial charge in [-0.05, 0) is 24.6 Å². The van der Waals surface area contributed by atoms with E-state index in [9.17, 15) is 4.79 Å². The summed E-state index contributed by atoms with van der Waals surface area (Å²) < 4.78 is 6.67. The van der Waals surface area contributed by atoms with E-state index in [1.165, 1.54) is 0 Å². The lowest BCUT2D eigenvalue weighted by atomic mass is 10.3. The Hall–Kier alpha value is -1.59. The van der Waals surface area contributed by atoms with Gasteiger partial charge in [0.2, 0.25) is 0 Å². The van der Waals surface area contributed by atoms with Crippen molar-refractivity contribution in [2.45, 2.75) is 6.42 Å². The number of aryl methyl sites for hydroxylation is 1. The van der Waals surface area contributed by atoms with Gasteiger partial charge in [0.05, 0.1) is 11.0 Å². The van der Waals surface area contributed by atoms with Crippen LogP contribution in [0, 0.1) is 0 Å². The quantitative estimate of drug-likeness (QED) is 0.853. The van der Waals surface area contributed by atoms with Crippen LogP contribution in [0.25, 0.3) is 11.0 Å². The van der Waals surface area contributed by atoms with E-state index < -0.39 is 0 Å². The normalized spacial score (nSPS) is 10.9. The lowest BCUT2D eigenvalue weighted by Crippen LogP contribution is -2.27. The molecule has 0 atom stereocenters. The number of hydrogen-bond acceptors (Lipinski definition) is 3.